The third-order valence-electron chi connectivity index (χ3n) is 5.41. The Hall–Kier alpha value is -3.47. The Morgan fingerprint density at radius 2 is 1.78 bits per heavy atom. The van der Waals surface area contributed by atoms with Gasteiger partial charge in [-0.1, -0.05) is 48.0 Å². The number of para-hydroxylation sites is 1. The Bertz CT molecular complexity index is 1220. The zero-order valence-corrected chi connectivity index (χ0v) is 19.0. The van der Waals surface area contributed by atoms with Gasteiger partial charge >= 0.3 is 5.97 Å². The molecule has 5 heteroatoms. The number of carbonyl (C=O) groups excluding carboxylic acids is 2. The number of pyridine rings is 1. The number of benzene rings is 2. The van der Waals surface area contributed by atoms with Gasteiger partial charge in [0.05, 0.1) is 16.8 Å². The number of aryl methyl sites for hydroxylation is 1. The second kappa shape index (κ2) is 8.58. The van der Waals surface area contributed by atoms with Crippen molar-refractivity contribution in [1.82, 2.24) is 10.3 Å². The molecule has 5 nitrogen and oxygen atoms in total. The lowest BCUT2D eigenvalue weighted by atomic mass is 10.0. The monoisotopic (exact) mass is 428 g/mol. The van der Waals surface area contributed by atoms with E-state index in [9.17, 15) is 9.59 Å². The number of amides is 1. The van der Waals surface area contributed by atoms with Gasteiger partial charge in [-0.15, -0.1) is 0 Å². The maximum atomic E-state index is 13.1. The van der Waals surface area contributed by atoms with Crippen LogP contribution in [0.4, 0.5) is 0 Å². The van der Waals surface area contributed by atoms with Gasteiger partial charge in [-0.25, -0.2) is 9.78 Å². The maximum Gasteiger partial charge on any atom is 0.339 e. The molecular formula is C27H28N2O3. The smallest absolute Gasteiger partial charge is 0.339 e. The molecule has 0 saturated heterocycles. The highest BCUT2D eigenvalue weighted by Gasteiger charge is 2.28. The first-order chi connectivity index (χ1) is 15.2. The van der Waals surface area contributed by atoms with Crippen LogP contribution in [0.1, 0.15) is 59.9 Å². The van der Waals surface area contributed by atoms with E-state index >= 15 is 0 Å². The lowest BCUT2D eigenvalue weighted by Gasteiger charge is -2.20. The molecule has 0 atom stereocenters. The van der Waals surface area contributed by atoms with Gasteiger partial charge in [0.15, 0.2) is 6.61 Å². The summed E-state index contributed by atoms with van der Waals surface area (Å²) >= 11 is 0. The number of fused-ring (bicyclic) bond motifs is 2. The number of rotatable bonds is 4. The van der Waals surface area contributed by atoms with Gasteiger partial charge < -0.3 is 10.1 Å². The van der Waals surface area contributed by atoms with Gasteiger partial charge in [0.2, 0.25) is 0 Å². The summed E-state index contributed by atoms with van der Waals surface area (Å²) < 4.78 is 5.44. The van der Waals surface area contributed by atoms with Crippen LogP contribution >= 0.6 is 0 Å². The standard InChI is InChI=1S/C27H28N2O3/c1-17-9-11-18(12-10-17)15-19-13-14-21-24(20-7-5-6-8-22(20)28-25(19)21)26(31)32-16-23(30)29-27(2,3)4/h5-12,15H,13-14,16H2,1-4H3,(H,29,30)/b19-15+. The summed E-state index contributed by atoms with van der Waals surface area (Å²) in [6, 6.07) is 15.9. The molecule has 0 unspecified atom stereocenters. The molecule has 3 aromatic rings. The molecule has 4 rings (SSSR count). The molecular weight excluding hydrogens is 400 g/mol. The van der Waals surface area contributed by atoms with Gasteiger partial charge in [0, 0.05) is 10.9 Å². The van der Waals surface area contributed by atoms with E-state index in [2.05, 4.69) is 42.6 Å². The molecule has 0 bridgehead atoms. The molecule has 0 saturated carbocycles. The summed E-state index contributed by atoms with van der Waals surface area (Å²) in [7, 11) is 0. The van der Waals surface area contributed by atoms with Crippen LogP contribution in [0.15, 0.2) is 48.5 Å². The number of allylic oxidation sites excluding steroid dienone is 1. The van der Waals surface area contributed by atoms with Crippen LogP contribution in [-0.2, 0) is 16.0 Å². The van der Waals surface area contributed by atoms with E-state index in [0.29, 0.717) is 12.0 Å². The molecule has 1 amide bonds. The molecule has 164 valence electrons. The predicted molar refractivity (Wildman–Crippen MR) is 127 cm³/mol. The summed E-state index contributed by atoms with van der Waals surface area (Å²) in [5, 5.41) is 3.57. The van der Waals surface area contributed by atoms with E-state index in [1.165, 1.54) is 5.56 Å². The molecule has 1 aromatic heterocycles. The van der Waals surface area contributed by atoms with Crippen molar-refractivity contribution in [2.45, 2.75) is 46.1 Å². The third kappa shape index (κ3) is 4.72. The van der Waals surface area contributed by atoms with E-state index in [1.54, 1.807) is 0 Å². The molecule has 1 aliphatic carbocycles. The average molecular weight is 429 g/mol. The number of hydrogen-bond acceptors (Lipinski definition) is 4. The van der Waals surface area contributed by atoms with Crippen LogP contribution in [0, 0.1) is 6.92 Å². The average Bonchev–Trinajstić information content (AvgIpc) is 3.12. The van der Waals surface area contributed by atoms with Crippen molar-refractivity contribution in [2.75, 3.05) is 6.61 Å². The van der Waals surface area contributed by atoms with E-state index < -0.39 is 5.97 Å². The van der Waals surface area contributed by atoms with E-state index in [4.69, 9.17) is 9.72 Å². The molecule has 32 heavy (non-hydrogen) atoms. The second-order valence-corrected chi connectivity index (χ2v) is 9.29. The van der Waals surface area contributed by atoms with Gasteiger partial charge in [-0.3, -0.25) is 4.79 Å². The number of carbonyl (C=O) groups is 2. The molecule has 2 aromatic carbocycles. The fraction of sp³-hybridized carbons (Fsp3) is 0.296. The summed E-state index contributed by atoms with van der Waals surface area (Å²) in [4.78, 5) is 30.2. The van der Waals surface area contributed by atoms with Crippen molar-refractivity contribution in [2.24, 2.45) is 0 Å². The van der Waals surface area contributed by atoms with Crippen LogP contribution in [0.5, 0.6) is 0 Å². The number of aromatic nitrogens is 1. The minimum Gasteiger partial charge on any atom is -0.452 e. The molecule has 0 aliphatic heterocycles. The molecule has 1 heterocycles. The Balaban J connectivity index is 1.70. The van der Waals surface area contributed by atoms with Crippen molar-refractivity contribution in [3.05, 3.63) is 76.5 Å². The largest absolute Gasteiger partial charge is 0.452 e. The maximum absolute atomic E-state index is 13.1. The van der Waals surface area contributed by atoms with Crippen molar-refractivity contribution >= 4 is 34.4 Å². The van der Waals surface area contributed by atoms with Gasteiger partial charge in [0.1, 0.15) is 0 Å². The van der Waals surface area contributed by atoms with Crippen molar-refractivity contribution in [3.8, 4) is 0 Å². The number of hydrogen-bond donors (Lipinski definition) is 1. The van der Waals surface area contributed by atoms with Crippen molar-refractivity contribution in [1.29, 1.82) is 0 Å². The fourth-order valence-corrected chi connectivity index (χ4v) is 4.03. The van der Waals surface area contributed by atoms with Gasteiger partial charge in [-0.05, 0) is 69.4 Å². The van der Waals surface area contributed by atoms with Crippen molar-refractivity contribution in [3.63, 3.8) is 0 Å². The SMILES string of the molecule is Cc1ccc(/C=C2\CCc3c2nc2ccccc2c3C(=O)OCC(=O)NC(C)(C)C)cc1. The predicted octanol–water partition coefficient (Wildman–Crippen LogP) is 5.10. The third-order valence-corrected chi connectivity index (χ3v) is 5.41. The van der Waals surface area contributed by atoms with Gasteiger partial charge in [-0.2, -0.15) is 0 Å². The molecule has 0 radical (unpaired) electrons. The minimum atomic E-state index is -0.486. The summed E-state index contributed by atoms with van der Waals surface area (Å²) in [5.41, 5.74) is 6.03. The van der Waals surface area contributed by atoms with E-state index in [0.717, 1.165) is 39.7 Å². The zero-order valence-electron chi connectivity index (χ0n) is 19.0. The van der Waals surface area contributed by atoms with E-state index in [1.807, 2.05) is 45.0 Å². The quantitative estimate of drug-likeness (QED) is 0.587. The van der Waals surface area contributed by atoms with Crippen LogP contribution in [0.3, 0.4) is 0 Å². The topological polar surface area (TPSA) is 68.3 Å². The summed E-state index contributed by atoms with van der Waals surface area (Å²) in [5.74, 6) is -0.804. The molecule has 0 fully saturated rings. The number of ether oxygens (including phenoxy) is 1. The first-order valence-electron chi connectivity index (χ1n) is 10.9. The van der Waals surface area contributed by atoms with Crippen molar-refractivity contribution < 1.29 is 14.3 Å². The number of esters is 1. The minimum absolute atomic E-state index is 0.312. The Morgan fingerprint density at radius 1 is 1.06 bits per heavy atom. The molecule has 1 N–H and O–H groups in total. The van der Waals surface area contributed by atoms with Crippen LogP contribution < -0.4 is 5.32 Å². The number of nitrogens with zero attached hydrogens (tertiary/aromatic N) is 1. The zero-order chi connectivity index (χ0) is 22.9. The Labute approximate surface area is 188 Å². The van der Waals surface area contributed by atoms with Crippen LogP contribution in [0.25, 0.3) is 22.6 Å². The van der Waals surface area contributed by atoms with E-state index in [-0.39, 0.29) is 18.1 Å². The highest BCUT2D eigenvalue weighted by atomic mass is 16.5. The number of nitrogens with one attached hydrogen (secondary N) is 1. The highest BCUT2D eigenvalue weighted by molar-refractivity contribution is 6.07. The Morgan fingerprint density at radius 3 is 2.50 bits per heavy atom. The summed E-state index contributed by atoms with van der Waals surface area (Å²) in [6.45, 7) is 7.41. The summed E-state index contributed by atoms with van der Waals surface area (Å²) in [6.07, 6.45) is 3.65. The van der Waals surface area contributed by atoms with Crippen LogP contribution in [-0.4, -0.2) is 29.0 Å². The fourth-order valence-electron chi connectivity index (χ4n) is 4.03. The highest BCUT2D eigenvalue weighted by Crippen LogP contribution is 2.37. The van der Waals surface area contributed by atoms with Gasteiger partial charge in [0.25, 0.3) is 5.91 Å². The Kier molecular flexibility index (Phi) is 5.83. The normalized spacial score (nSPS) is 14.4. The first-order valence-corrected chi connectivity index (χ1v) is 10.9. The lowest BCUT2D eigenvalue weighted by molar-refractivity contribution is -0.125. The van der Waals surface area contributed by atoms with Crippen LogP contribution in [0.2, 0.25) is 0 Å². The molecule has 1 aliphatic rings. The second-order valence-electron chi connectivity index (χ2n) is 9.29. The molecule has 0 spiro atoms. The first kappa shape index (κ1) is 21.8. The lowest BCUT2D eigenvalue weighted by Crippen LogP contribution is -2.42.